The van der Waals surface area contributed by atoms with Crippen molar-refractivity contribution >= 4 is 12.6 Å². The van der Waals surface area contributed by atoms with E-state index in [1.54, 1.807) is 12.5 Å². The first kappa shape index (κ1) is 7.50. The van der Waals surface area contributed by atoms with Crippen molar-refractivity contribution < 1.29 is 4.42 Å². The third kappa shape index (κ3) is 1.38. The van der Waals surface area contributed by atoms with E-state index >= 15 is 0 Å². The Balaban J connectivity index is 2.43. The van der Waals surface area contributed by atoms with E-state index < -0.39 is 0 Å². The summed E-state index contributed by atoms with van der Waals surface area (Å²) in [6, 6.07) is 9.91. The molecule has 0 saturated carbocycles. The van der Waals surface area contributed by atoms with Crippen molar-refractivity contribution in [1.29, 1.82) is 0 Å². The van der Waals surface area contributed by atoms with Gasteiger partial charge in [-0.1, -0.05) is 12.1 Å². The Labute approximate surface area is 76.4 Å². The molecule has 1 aromatic carbocycles. The van der Waals surface area contributed by atoms with Crippen molar-refractivity contribution in [3.05, 3.63) is 42.9 Å². The zero-order valence-electron chi connectivity index (χ0n) is 6.40. The summed E-state index contributed by atoms with van der Waals surface area (Å²) in [5, 5.41) is 0. The van der Waals surface area contributed by atoms with E-state index in [0.29, 0.717) is 0 Å². The van der Waals surface area contributed by atoms with Crippen molar-refractivity contribution in [2.24, 2.45) is 0 Å². The molecule has 1 nitrogen and oxygen atoms in total. The minimum atomic E-state index is 0.974. The molecule has 1 heterocycles. The fourth-order valence-corrected chi connectivity index (χ4v) is 1.23. The molecule has 0 saturated heterocycles. The Morgan fingerprint density at radius 2 is 1.67 bits per heavy atom. The van der Waals surface area contributed by atoms with E-state index in [9.17, 15) is 0 Å². The molecule has 0 bridgehead atoms. The molecular weight excluding hydrogens is 168 g/mol. The standard InChI is InChI=1S/C10H8OS/c12-10-3-1-8(2-4-10)9-5-6-11-7-9/h1-7,12H. The van der Waals surface area contributed by atoms with Gasteiger partial charge in [0.1, 0.15) is 0 Å². The van der Waals surface area contributed by atoms with Gasteiger partial charge in [0.25, 0.3) is 0 Å². The second-order valence-corrected chi connectivity index (χ2v) is 3.08. The van der Waals surface area contributed by atoms with Gasteiger partial charge >= 0.3 is 0 Å². The minimum absolute atomic E-state index is 0.974. The minimum Gasteiger partial charge on any atom is -0.472 e. The molecule has 0 aliphatic heterocycles. The number of rotatable bonds is 1. The van der Waals surface area contributed by atoms with Crippen LogP contribution in [0.4, 0.5) is 0 Å². The van der Waals surface area contributed by atoms with Crippen molar-refractivity contribution in [2.75, 3.05) is 0 Å². The molecule has 0 unspecified atom stereocenters. The highest BCUT2D eigenvalue weighted by atomic mass is 32.1. The molecule has 0 spiro atoms. The first-order chi connectivity index (χ1) is 5.86. The SMILES string of the molecule is Sc1ccc(-c2ccoc2)cc1. The zero-order chi connectivity index (χ0) is 8.39. The molecule has 0 fully saturated rings. The number of furan rings is 1. The van der Waals surface area contributed by atoms with Gasteiger partial charge in [-0.05, 0) is 23.8 Å². The smallest absolute Gasteiger partial charge is 0.0980 e. The Hall–Kier alpha value is -1.15. The van der Waals surface area contributed by atoms with Crippen LogP contribution in [0.15, 0.2) is 52.2 Å². The maximum atomic E-state index is 4.98. The molecule has 12 heavy (non-hydrogen) atoms. The van der Waals surface area contributed by atoms with Gasteiger partial charge in [0, 0.05) is 10.5 Å². The monoisotopic (exact) mass is 176 g/mol. The largest absolute Gasteiger partial charge is 0.472 e. The summed E-state index contributed by atoms with van der Waals surface area (Å²) in [5.74, 6) is 0. The fourth-order valence-electron chi connectivity index (χ4n) is 1.08. The predicted molar refractivity (Wildman–Crippen MR) is 51.4 cm³/mol. The van der Waals surface area contributed by atoms with Crippen molar-refractivity contribution in [3.8, 4) is 11.1 Å². The summed E-state index contributed by atoms with van der Waals surface area (Å²) in [4.78, 5) is 0.974. The van der Waals surface area contributed by atoms with Crippen LogP contribution < -0.4 is 0 Å². The van der Waals surface area contributed by atoms with Gasteiger partial charge in [0.2, 0.25) is 0 Å². The van der Waals surface area contributed by atoms with E-state index in [1.165, 1.54) is 0 Å². The van der Waals surface area contributed by atoms with Gasteiger partial charge in [0.15, 0.2) is 0 Å². The average Bonchev–Trinajstić information content (AvgIpc) is 2.58. The van der Waals surface area contributed by atoms with E-state index in [0.717, 1.165) is 16.0 Å². The van der Waals surface area contributed by atoms with Crippen molar-refractivity contribution in [1.82, 2.24) is 0 Å². The van der Waals surface area contributed by atoms with Crippen LogP contribution in [0.1, 0.15) is 0 Å². The van der Waals surface area contributed by atoms with Gasteiger partial charge in [-0.25, -0.2) is 0 Å². The lowest BCUT2D eigenvalue weighted by molar-refractivity contribution is 0.568. The van der Waals surface area contributed by atoms with Gasteiger partial charge < -0.3 is 4.42 Å². The number of hydrogen-bond acceptors (Lipinski definition) is 2. The van der Waals surface area contributed by atoms with Gasteiger partial charge in [-0.3, -0.25) is 0 Å². The number of hydrogen-bond donors (Lipinski definition) is 1. The fraction of sp³-hybridized carbons (Fsp3) is 0. The third-order valence-electron chi connectivity index (χ3n) is 1.72. The highest BCUT2D eigenvalue weighted by Gasteiger charge is 1.96. The summed E-state index contributed by atoms with van der Waals surface area (Å²) < 4.78 is 4.98. The lowest BCUT2D eigenvalue weighted by Gasteiger charge is -1.95. The summed E-state index contributed by atoms with van der Waals surface area (Å²) in [6.07, 6.45) is 3.40. The number of thiol groups is 1. The highest BCUT2D eigenvalue weighted by Crippen LogP contribution is 2.20. The van der Waals surface area contributed by atoms with Crippen LogP contribution in [-0.2, 0) is 0 Å². The summed E-state index contributed by atoms with van der Waals surface area (Å²) >= 11 is 4.21. The Kier molecular flexibility index (Phi) is 1.92. The first-order valence-electron chi connectivity index (χ1n) is 3.68. The van der Waals surface area contributed by atoms with Crippen LogP contribution in [-0.4, -0.2) is 0 Å². The molecular formula is C10H8OS. The molecule has 2 rings (SSSR count). The second kappa shape index (κ2) is 3.07. The van der Waals surface area contributed by atoms with Gasteiger partial charge in [-0.15, -0.1) is 12.6 Å². The maximum Gasteiger partial charge on any atom is 0.0980 e. The Morgan fingerprint density at radius 3 is 2.25 bits per heavy atom. The van der Waals surface area contributed by atoms with Crippen LogP contribution in [0, 0.1) is 0 Å². The molecule has 0 atom stereocenters. The molecule has 1 aromatic heterocycles. The molecule has 0 N–H and O–H groups in total. The third-order valence-corrected chi connectivity index (χ3v) is 2.02. The van der Waals surface area contributed by atoms with Gasteiger partial charge in [-0.2, -0.15) is 0 Å². The summed E-state index contributed by atoms with van der Waals surface area (Å²) in [5.41, 5.74) is 2.25. The van der Waals surface area contributed by atoms with Crippen LogP contribution in [0.3, 0.4) is 0 Å². The summed E-state index contributed by atoms with van der Waals surface area (Å²) in [7, 11) is 0. The maximum absolute atomic E-state index is 4.98. The van der Waals surface area contributed by atoms with Crippen LogP contribution in [0.5, 0.6) is 0 Å². The number of benzene rings is 1. The average molecular weight is 176 g/mol. The van der Waals surface area contributed by atoms with Gasteiger partial charge in [0.05, 0.1) is 12.5 Å². The first-order valence-corrected chi connectivity index (χ1v) is 4.12. The van der Waals surface area contributed by atoms with Crippen LogP contribution in [0.2, 0.25) is 0 Å². The Bertz CT molecular complexity index is 348. The molecule has 60 valence electrons. The molecule has 0 amide bonds. The molecule has 0 aliphatic carbocycles. The second-order valence-electron chi connectivity index (χ2n) is 2.56. The van der Waals surface area contributed by atoms with E-state index in [1.807, 2.05) is 30.3 Å². The van der Waals surface area contributed by atoms with E-state index in [4.69, 9.17) is 4.42 Å². The van der Waals surface area contributed by atoms with Crippen LogP contribution in [0.25, 0.3) is 11.1 Å². The molecule has 2 aromatic rings. The molecule has 0 radical (unpaired) electrons. The normalized spacial score (nSPS) is 10.1. The zero-order valence-corrected chi connectivity index (χ0v) is 7.29. The topological polar surface area (TPSA) is 13.1 Å². The lowest BCUT2D eigenvalue weighted by Crippen LogP contribution is -1.71. The van der Waals surface area contributed by atoms with Crippen molar-refractivity contribution in [2.45, 2.75) is 4.90 Å². The van der Waals surface area contributed by atoms with E-state index in [-0.39, 0.29) is 0 Å². The lowest BCUT2D eigenvalue weighted by atomic mass is 10.1. The summed E-state index contributed by atoms with van der Waals surface area (Å²) in [6.45, 7) is 0. The molecule has 2 heteroatoms. The van der Waals surface area contributed by atoms with Crippen LogP contribution >= 0.6 is 12.6 Å². The van der Waals surface area contributed by atoms with E-state index in [2.05, 4.69) is 12.6 Å². The Morgan fingerprint density at radius 1 is 0.917 bits per heavy atom. The quantitative estimate of drug-likeness (QED) is 0.658. The van der Waals surface area contributed by atoms with Crippen molar-refractivity contribution in [3.63, 3.8) is 0 Å². The highest BCUT2D eigenvalue weighted by molar-refractivity contribution is 7.80. The predicted octanol–water partition coefficient (Wildman–Crippen LogP) is 3.24. The molecule has 0 aliphatic rings.